The van der Waals surface area contributed by atoms with Crippen molar-refractivity contribution in [3.63, 3.8) is 0 Å². The van der Waals surface area contributed by atoms with Crippen LogP contribution >= 0.6 is 0 Å². The van der Waals surface area contributed by atoms with Crippen LogP contribution < -0.4 is 4.74 Å². The Morgan fingerprint density at radius 2 is 1.75 bits per heavy atom. The Morgan fingerprint density at radius 1 is 1.10 bits per heavy atom. The van der Waals surface area contributed by atoms with Gasteiger partial charge in [-0.05, 0) is 29.2 Å². The molecule has 1 rings (SSSR count). The number of esters is 1. The van der Waals surface area contributed by atoms with Crippen molar-refractivity contribution in [1.29, 1.82) is 0 Å². The molecule has 0 bridgehead atoms. The minimum Gasteiger partial charge on any atom is -0.496 e. The summed E-state index contributed by atoms with van der Waals surface area (Å²) in [6.07, 6.45) is 2.29. The van der Waals surface area contributed by atoms with Crippen LogP contribution in [0.3, 0.4) is 0 Å². The molecule has 20 heavy (non-hydrogen) atoms. The molecule has 0 atom stereocenters. The van der Waals surface area contributed by atoms with E-state index in [2.05, 4.69) is 25.5 Å². The number of benzene rings is 1. The third-order valence-corrected chi connectivity index (χ3v) is 2.90. The minimum absolute atomic E-state index is 0.0760. The summed E-state index contributed by atoms with van der Waals surface area (Å²) in [6, 6.07) is 5.49. The molecule has 0 fully saturated rings. The van der Waals surface area contributed by atoms with E-state index in [1.807, 2.05) is 6.07 Å². The molecule has 108 valence electrons. The Kier molecular flexibility index (Phi) is 5.08. The van der Waals surface area contributed by atoms with Gasteiger partial charge in [0, 0.05) is 6.08 Å². The molecule has 0 aliphatic rings. The summed E-state index contributed by atoms with van der Waals surface area (Å²) in [5.74, 6) is -0.375. The Balaban J connectivity index is 3.17. The molecule has 1 aromatic carbocycles. The van der Waals surface area contributed by atoms with Crippen molar-refractivity contribution in [1.82, 2.24) is 0 Å². The first-order chi connectivity index (χ1) is 9.29. The van der Waals surface area contributed by atoms with E-state index in [1.54, 1.807) is 12.1 Å². The van der Waals surface area contributed by atoms with Crippen LogP contribution in [0.1, 0.15) is 36.7 Å². The van der Waals surface area contributed by atoms with E-state index in [1.165, 1.54) is 20.3 Å². The highest BCUT2D eigenvalue weighted by molar-refractivity contribution is 6.08. The molecule has 0 aromatic heterocycles. The number of rotatable bonds is 4. The molecule has 0 unspecified atom stereocenters. The van der Waals surface area contributed by atoms with Gasteiger partial charge in [-0.25, -0.2) is 4.79 Å². The molecular formula is C16H20O4. The lowest BCUT2D eigenvalue weighted by atomic mass is 9.85. The highest BCUT2D eigenvalue weighted by Gasteiger charge is 2.18. The fourth-order valence-corrected chi connectivity index (χ4v) is 1.67. The van der Waals surface area contributed by atoms with Crippen molar-refractivity contribution < 1.29 is 19.1 Å². The van der Waals surface area contributed by atoms with Crippen molar-refractivity contribution in [2.45, 2.75) is 26.2 Å². The Hall–Kier alpha value is -2.10. The van der Waals surface area contributed by atoms with Crippen LogP contribution in [0.25, 0.3) is 0 Å². The Bertz CT molecular complexity index is 536. The summed E-state index contributed by atoms with van der Waals surface area (Å²) in [7, 11) is 2.77. The molecule has 4 nitrogen and oxygen atoms in total. The summed E-state index contributed by atoms with van der Waals surface area (Å²) >= 11 is 0. The molecule has 0 saturated carbocycles. The zero-order valence-electron chi connectivity index (χ0n) is 12.5. The standard InChI is InChI=1S/C16H20O4/c1-16(2,3)11-6-8-14(19-4)12(10-11)13(17)7-9-15(18)20-5/h6-10H,1-5H3/b9-7+. The van der Waals surface area contributed by atoms with Gasteiger partial charge in [0.15, 0.2) is 5.78 Å². The lowest BCUT2D eigenvalue weighted by Crippen LogP contribution is -2.12. The molecule has 0 N–H and O–H groups in total. The van der Waals surface area contributed by atoms with E-state index >= 15 is 0 Å². The van der Waals surface area contributed by atoms with Gasteiger partial charge in [0.25, 0.3) is 0 Å². The molecule has 0 amide bonds. The highest BCUT2D eigenvalue weighted by Crippen LogP contribution is 2.28. The summed E-state index contributed by atoms with van der Waals surface area (Å²) in [5.41, 5.74) is 1.38. The second kappa shape index (κ2) is 6.37. The highest BCUT2D eigenvalue weighted by atomic mass is 16.5. The van der Waals surface area contributed by atoms with Gasteiger partial charge < -0.3 is 9.47 Å². The summed E-state index contributed by atoms with van der Waals surface area (Å²) in [6.45, 7) is 6.19. The van der Waals surface area contributed by atoms with Gasteiger partial charge >= 0.3 is 5.97 Å². The van der Waals surface area contributed by atoms with Gasteiger partial charge in [0.2, 0.25) is 0 Å². The van der Waals surface area contributed by atoms with Crippen LogP contribution in [-0.4, -0.2) is 26.0 Å². The Labute approximate surface area is 119 Å². The average Bonchev–Trinajstić information content (AvgIpc) is 2.42. The zero-order valence-corrected chi connectivity index (χ0v) is 12.5. The molecule has 0 radical (unpaired) electrons. The van der Waals surface area contributed by atoms with Crippen LogP contribution in [-0.2, 0) is 14.9 Å². The fraction of sp³-hybridized carbons (Fsp3) is 0.375. The van der Waals surface area contributed by atoms with E-state index in [-0.39, 0.29) is 11.2 Å². The molecule has 0 aliphatic carbocycles. The van der Waals surface area contributed by atoms with Crippen LogP contribution in [0.2, 0.25) is 0 Å². The van der Waals surface area contributed by atoms with Crippen molar-refractivity contribution >= 4 is 11.8 Å². The molecule has 0 aliphatic heterocycles. The summed E-state index contributed by atoms with van der Waals surface area (Å²) in [5, 5.41) is 0. The number of hydrogen-bond donors (Lipinski definition) is 0. The van der Waals surface area contributed by atoms with Crippen molar-refractivity contribution in [3.8, 4) is 5.75 Å². The lowest BCUT2D eigenvalue weighted by molar-refractivity contribution is -0.134. The molecule has 4 heteroatoms. The van der Waals surface area contributed by atoms with Crippen LogP contribution in [0, 0.1) is 0 Å². The maximum Gasteiger partial charge on any atom is 0.330 e. The number of allylic oxidation sites excluding steroid dienone is 1. The third kappa shape index (κ3) is 3.95. The second-order valence-corrected chi connectivity index (χ2v) is 5.39. The van der Waals surface area contributed by atoms with E-state index in [9.17, 15) is 9.59 Å². The maximum absolute atomic E-state index is 12.1. The number of hydrogen-bond acceptors (Lipinski definition) is 4. The number of carbonyl (C=O) groups excluding carboxylic acids is 2. The van der Waals surface area contributed by atoms with Gasteiger partial charge in [-0.15, -0.1) is 0 Å². The lowest BCUT2D eigenvalue weighted by Gasteiger charge is -2.20. The van der Waals surface area contributed by atoms with Crippen molar-refractivity contribution in [2.75, 3.05) is 14.2 Å². The number of ether oxygens (including phenoxy) is 2. The van der Waals surface area contributed by atoms with Gasteiger partial charge in [0.05, 0.1) is 19.8 Å². The number of carbonyl (C=O) groups is 2. The van der Waals surface area contributed by atoms with Gasteiger partial charge in [-0.1, -0.05) is 26.8 Å². The third-order valence-electron chi connectivity index (χ3n) is 2.90. The monoisotopic (exact) mass is 276 g/mol. The van der Waals surface area contributed by atoms with Crippen LogP contribution in [0.15, 0.2) is 30.4 Å². The van der Waals surface area contributed by atoms with Gasteiger partial charge in [-0.3, -0.25) is 4.79 Å². The van der Waals surface area contributed by atoms with E-state index in [0.717, 1.165) is 11.6 Å². The SMILES string of the molecule is COC(=O)/C=C/C(=O)c1cc(C(C)(C)C)ccc1OC. The fourth-order valence-electron chi connectivity index (χ4n) is 1.67. The normalized spacial score (nSPS) is 11.4. The second-order valence-electron chi connectivity index (χ2n) is 5.39. The maximum atomic E-state index is 12.1. The predicted octanol–water partition coefficient (Wildman–Crippen LogP) is 2.90. The van der Waals surface area contributed by atoms with Crippen molar-refractivity contribution in [2.24, 2.45) is 0 Å². The number of methoxy groups -OCH3 is 2. The molecular weight excluding hydrogens is 256 g/mol. The zero-order chi connectivity index (χ0) is 15.3. The first-order valence-corrected chi connectivity index (χ1v) is 6.28. The molecule has 0 spiro atoms. The first kappa shape index (κ1) is 16.0. The topological polar surface area (TPSA) is 52.6 Å². The van der Waals surface area contributed by atoms with E-state index in [4.69, 9.17) is 4.74 Å². The van der Waals surface area contributed by atoms with Gasteiger partial charge in [0.1, 0.15) is 5.75 Å². The first-order valence-electron chi connectivity index (χ1n) is 6.28. The minimum atomic E-state index is -0.565. The smallest absolute Gasteiger partial charge is 0.330 e. The number of ketones is 1. The van der Waals surface area contributed by atoms with E-state index in [0.29, 0.717) is 11.3 Å². The summed E-state index contributed by atoms with van der Waals surface area (Å²) < 4.78 is 9.66. The molecule has 0 heterocycles. The van der Waals surface area contributed by atoms with Gasteiger partial charge in [-0.2, -0.15) is 0 Å². The quantitative estimate of drug-likeness (QED) is 0.482. The average molecular weight is 276 g/mol. The van der Waals surface area contributed by atoms with Crippen LogP contribution in [0.4, 0.5) is 0 Å². The largest absolute Gasteiger partial charge is 0.496 e. The Morgan fingerprint density at radius 3 is 2.25 bits per heavy atom. The summed E-state index contributed by atoms with van der Waals surface area (Å²) in [4.78, 5) is 23.2. The van der Waals surface area contributed by atoms with Crippen molar-refractivity contribution in [3.05, 3.63) is 41.5 Å². The molecule has 0 saturated heterocycles. The predicted molar refractivity (Wildman–Crippen MR) is 77.2 cm³/mol. The van der Waals surface area contributed by atoms with E-state index < -0.39 is 5.97 Å². The molecule has 1 aromatic rings. The van der Waals surface area contributed by atoms with Crippen LogP contribution in [0.5, 0.6) is 5.75 Å².